The van der Waals surface area contributed by atoms with Gasteiger partial charge in [0, 0.05) is 5.25 Å². The topological polar surface area (TPSA) is 0 Å². The summed E-state index contributed by atoms with van der Waals surface area (Å²) in [5.74, 6) is 4.03. The van der Waals surface area contributed by atoms with Crippen LogP contribution in [0, 0.1) is 29.1 Å². The van der Waals surface area contributed by atoms with Crippen molar-refractivity contribution in [3.05, 3.63) is 0 Å². The summed E-state index contributed by atoms with van der Waals surface area (Å²) < 4.78 is 0. The first-order chi connectivity index (χ1) is 10.1. The Hall–Kier alpha value is 0.350. The monoisotopic (exact) mass is 310 g/mol. The van der Waals surface area contributed by atoms with Crippen LogP contribution in [-0.2, 0) is 0 Å². The van der Waals surface area contributed by atoms with E-state index in [1.54, 1.807) is 6.42 Å². The molecule has 0 aliphatic heterocycles. The molecule has 0 amide bonds. The molecule has 0 aromatic heterocycles. The largest absolute Gasteiger partial charge is 0.162 e. The molecule has 1 heteroatoms. The van der Waals surface area contributed by atoms with Crippen molar-refractivity contribution in [2.24, 2.45) is 29.1 Å². The molecule has 0 bridgehead atoms. The zero-order valence-electron chi connectivity index (χ0n) is 15.2. The molecular weight excluding hydrogens is 272 g/mol. The molecule has 6 unspecified atom stereocenters. The van der Waals surface area contributed by atoms with E-state index >= 15 is 0 Å². The van der Waals surface area contributed by atoms with Gasteiger partial charge in [-0.2, -0.15) is 11.8 Å². The van der Waals surface area contributed by atoms with Crippen LogP contribution in [0.3, 0.4) is 0 Å². The number of rotatable bonds is 7. The smallest absolute Gasteiger partial charge is 0.00728 e. The Morgan fingerprint density at radius 2 is 1.90 bits per heavy atom. The lowest BCUT2D eigenvalue weighted by Crippen LogP contribution is -2.32. The third-order valence-corrected chi connectivity index (χ3v) is 8.22. The van der Waals surface area contributed by atoms with Gasteiger partial charge in [-0.1, -0.05) is 53.4 Å². The minimum absolute atomic E-state index is 0.703. The molecule has 0 heterocycles. The SMILES string of the molecule is CCCCC1(C2CC2C(CC)SC)CCC(C)CCC1C. The fraction of sp³-hybridized carbons (Fsp3) is 1.00. The van der Waals surface area contributed by atoms with Crippen molar-refractivity contribution in [1.29, 1.82) is 0 Å². The minimum Gasteiger partial charge on any atom is -0.162 e. The summed E-state index contributed by atoms with van der Waals surface area (Å²) in [4.78, 5) is 0. The van der Waals surface area contributed by atoms with Gasteiger partial charge in [0.25, 0.3) is 0 Å². The molecule has 2 aliphatic carbocycles. The first-order valence-corrected chi connectivity index (χ1v) is 10.9. The van der Waals surface area contributed by atoms with Crippen molar-refractivity contribution in [2.75, 3.05) is 6.26 Å². The summed E-state index contributed by atoms with van der Waals surface area (Å²) in [6, 6.07) is 0. The molecule has 6 atom stereocenters. The van der Waals surface area contributed by atoms with E-state index in [0.29, 0.717) is 5.41 Å². The first kappa shape index (κ1) is 17.7. The summed E-state index contributed by atoms with van der Waals surface area (Å²) in [5.41, 5.74) is 0.703. The van der Waals surface area contributed by atoms with Gasteiger partial charge in [0.1, 0.15) is 0 Å². The van der Waals surface area contributed by atoms with Gasteiger partial charge in [-0.05, 0) is 67.4 Å². The number of hydrogen-bond acceptors (Lipinski definition) is 1. The van der Waals surface area contributed by atoms with Gasteiger partial charge >= 0.3 is 0 Å². The summed E-state index contributed by atoms with van der Waals surface area (Å²) >= 11 is 2.14. The Bertz CT molecular complexity index is 309. The van der Waals surface area contributed by atoms with E-state index in [0.717, 1.165) is 28.9 Å². The van der Waals surface area contributed by atoms with Crippen molar-refractivity contribution in [3.63, 3.8) is 0 Å². The molecule has 0 saturated heterocycles. The number of unbranched alkanes of at least 4 members (excludes halogenated alkanes) is 1. The molecule has 124 valence electrons. The molecule has 0 spiro atoms. The normalized spacial score (nSPS) is 41.6. The highest BCUT2D eigenvalue weighted by Crippen LogP contribution is 2.63. The molecule has 0 aromatic carbocycles. The lowest BCUT2D eigenvalue weighted by molar-refractivity contribution is 0.0973. The van der Waals surface area contributed by atoms with E-state index in [-0.39, 0.29) is 0 Å². The lowest BCUT2D eigenvalue weighted by Gasteiger charge is -2.40. The van der Waals surface area contributed by atoms with E-state index in [2.05, 4.69) is 45.7 Å². The number of thioether (sulfide) groups is 1. The van der Waals surface area contributed by atoms with Crippen LogP contribution in [0.5, 0.6) is 0 Å². The molecular formula is C20H38S. The number of hydrogen-bond donors (Lipinski definition) is 0. The fourth-order valence-corrected chi connectivity index (χ4v) is 6.26. The van der Waals surface area contributed by atoms with Crippen LogP contribution in [0.15, 0.2) is 0 Å². The van der Waals surface area contributed by atoms with E-state index in [1.807, 2.05) is 0 Å². The Labute approximate surface area is 138 Å². The van der Waals surface area contributed by atoms with Crippen molar-refractivity contribution in [2.45, 2.75) is 90.7 Å². The molecule has 2 aliphatic rings. The quantitative estimate of drug-likeness (QED) is 0.467. The second kappa shape index (κ2) is 7.75. The van der Waals surface area contributed by atoms with Crippen LogP contribution in [0.1, 0.15) is 85.5 Å². The van der Waals surface area contributed by atoms with E-state index in [1.165, 1.54) is 51.4 Å². The van der Waals surface area contributed by atoms with Crippen LogP contribution in [0.25, 0.3) is 0 Å². The summed E-state index contributed by atoms with van der Waals surface area (Å²) in [6.07, 6.45) is 15.6. The summed E-state index contributed by atoms with van der Waals surface area (Å²) in [5, 5.41) is 0.932. The highest BCUT2D eigenvalue weighted by Gasteiger charge is 2.56. The average Bonchev–Trinajstić information content (AvgIpc) is 3.28. The Kier molecular flexibility index (Phi) is 6.53. The van der Waals surface area contributed by atoms with Gasteiger partial charge in [0.2, 0.25) is 0 Å². The van der Waals surface area contributed by atoms with Crippen molar-refractivity contribution in [1.82, 2.24) is 0 Å². The Balaban J connectivity index is 2.13. The molecule has 0 radical (unpaired) electrons. The molecule has 21 heavy (non-hydrogen) atoms. The van der Waals surface area contributed by atoms with Gasteiger partial charge in [-0.15, -0.1) is 0 Å². The lowest BCUT2D eigenvalue weighted by atomic mass is 9.65. The van der Waals surface area contributed by atoms with Crippen LogP contribution >= 0.6 is 11.8 Å². The predicted octanol–water partition coefficient (Wildman–Crippen LogP) is 6.79. The fourth-order valence-electron chi connectivity index (χ4n) is 5.27. The highest BCUT2D eigenvalue weighted by molar-refractivity contribution is 7.99. The maximum absolute atomic E-state index is 2.60. The zero-order chi connectivity index (χ0) is 15.5. The second-order valence-electron chi connectivity index (χ2n) is 8.15. The van der Waals surface area contributed by atoms with Crippen LogP contribution < -0.4 is 0 Å². The van der Waals surface area contributed by atoms with Gasteiger partial charge in [0.15, 0.2) is 0 Å². The van der Waals surface area contributed by atoms with E-state index in [9.17, 15) is 0 Å². The highest BCUT2D eigenvalue weighted by atomic mass is 32.2. The Morgan fingerprint density at radius 1 is 1.14 bits per heavy atom. The molecule has 0 aromatic rings. The Morgan fingerprint density at radius 3 is 2.52 bits per heavy atom. The van der Waals surface area contributed by atoms with Crippen molar-refractivity contribution < 1.29 is 0 Å². The maximum atomic E-state index is 2.60. The summed E-state index contributed by atoms with van der Waals surface area (Å²) in [6.45, 7) is 9.86. The van der Waals surface area contributed by atoms with Gasteiger partial charge in [-0.3, -0.25) is 0 Å². The van der Waals surface area contributed by atoms with Gasteiger partial charge < -0.3 is 0 Å². The first-order valence-electron chi connectivity index (χ1n) is 9.61. The van der Waals surface area contributed by atoms with Gasteiger partial charge in [-0.25, -0.2) is 0 Å². The van der Waals surface area contributed by atoms with Crippen LogP contribution in [-0.4, -0.2) is 11.5 Å². The third-order valence-electron chi connectivity index (χ3n) is 6.93. The maximum Gasteiger partial charge on any atom is 0.00728 e. The van der Waals surface area contributed by atoms with Gasteiger partial charge in [0.05, 0.1) is 0 Å². The van der Waals surface area contributed by atoms with E-state index < -0.39 is 0 Å². The average molecular weight is 311 g/mol. The molecule has 2 saturated carbocycles. The van der Waals surface area contributed by atoms with Crippen molar-refractivity contribution >= 4 is 11.8 Å². The molecule has 0 nitrogen and oxygen atoms in total. The molecule has 2 rings (SSSR count). The molecule has 0 N–H and O–H groups in total. The molecule has 2 fully saturated rings. The zero-order valence-corrected chi connectivity index (χ0v) is 16.0. The van der Waals surface area contributed by atoms with Crippen molar-refractivity contribution in [3.8, 4) is 0 Å². The van der Waals surface area contributed by atoms with E-state index in [4.69, 9.17) is 0 Å². The second-order valence-corrected chi connectivity index (χ2v) is 9.22. The van der Waals surface area contributed by atoms with Crippen LogP contribution in [0.2, 0.25) is 0 Å². The third kappa shape index (κ3) is 3.82. The van der Waals surface area contributed by atoms with Crippen LogP contribution in [0.4, 0.5) is 0 Å². The minimum atomic E-state index is 0.703. The predicted molar refractivity (Wildman–Crippen MR) is 97.9 cm³/mol. The standard InChI is InChI=1S/C20H38S/c1-6-8-12-20(13-11-15(3)9-10-16(20)4)18-14-17(18)19(7-2)21-5/h15-19H,6-14H2,1-5H3. The summed E-state index contributed by atoms with van der Waals surface area (Å²) in [7, 11) is 0.